The number of nitriles is 1. The first kappa shape index (κ1) is 13.4. The van der Waals surface area contributed by atoms with Crippen molar-refractivity contribution in [2.75, 3.05) is 0 Å². The van der Waals surface area contributed by atoms with Crippen molar-refractivity contribution < 1.29 is 5.11 Å². The first-order valence-corrected chi connectivity index (χ1v) is 7.42. The highest BCUT2D eigenvalue weighted by Crippen LogP contribution is 2.34. The molecule has 0 aliphatic rings. The molecule has 0 saturated heterocycles. The number of phenols is 1. The van der Waals surface area contributed by atoms with Crippen molar-refractivity contribution in [3.8, 4) is 17.5 Å². The Balaban J connectivity index is 2.12. The van der Waals surface area contributed by atoms with E-state index in [0.29, 0.717) is 5.56 Å². The second-order valence-corrected chi connectivity index (χ2v) is 5.68. The Kier molecular flexibility index (Phi) is 2.85. The lowest BCUT2D eigenvalue weighted by molar-refractivity contribution is 0.473. The van der Waals surface area contributed by atoms with Gasteiger partial charge in [0.1, 0.15) is 5.75 Å². The van der Waals surface area contributed by atoms with E-state index in [-0.39, 0.29) is 5.75 Å². The largest absolute Gasteiger partial charge is 0.506 e. The van der Waals surface area contributed by atoms with Crippen molar-refractivity contribution in [1.82, 2.24) is 4.57 Å². The fraction of sp³-hybridized carbons (Fsp3) is 0.0500. The maximum atomic E-state index is 10.5. The monoisotopic (exact) mass is 298 g/mol. The number of hydrogen-bond acceptors (Lipinski definition) is 2. The number of aromatic hydroxyl groups is 1. The molecule has 0 radical (unpaired) electrons. The van der Waals surface area contributed by atoms with Crippen molar-refractivity contribution in [3.05, 3.63) is 71.9 Å². The summed E-state index contributed by atoms with van der Waals surface area (Å²) in [6, 6.07) is 19.4. The molecular formula is C20H14N2O. The van der Waals surface area contributed by atoms with Crippen LogP contribution in [0.25, 0.3) is 27.4 Å². The summed E-state index contributed by atoms with van der Waals surface area (Å²) in [6.07, 6.45) is 2.01. The van der Waals surface area contributed by atoms with Gasteiger partial charge in [-0.2, -0.15) is 5.26 Å². The second-order valence-electron chi connectivity index (χ2n) is 5.68. The van der Waals surface area contributed by atoms with Crippen LogP contribution in [-0.4, -0.2) is 9.67 Å². The third kappa shape index (κ3) is 1.96. The highest BCUT2D eigenvalue weighted by atomic mass is 16.3. The molecule has 0 amide bonds. The fourth-order valence-corrected chi connectivity index (χ4v) is 3.15. The van der Waals surface area contributed by atoms with E-state index in [2.05, 4.69) is 6.07 Å². The van der Waals surface area contributed by atoms with Crippen molar-refractivity contribution in [2.24, 2.45) is 0 Å². The number of hydrogen-bond donors (Lipinski definition) is 1. The molecule has 4 rings (SSSR count). The standard InChI is InChI=1S/C20H14N2O/c1-13-12-22(18-8-6-14(11-21)10-17(13)18)20-16-5-3-2-4-15(16)7-9-19(20)23/h2-10,12,23H,1H3. The van der Waals surface area contributed by atoms with Gasteiger partial charge in [0.05, 0.1) is 22.8 Å². The van der Waals surface area contributed by atoms with Crippen LogP contribution in [0.2, 0.25) is 0 Å². The number of fused-ring (bicyclic) bond motifs is 2. The molecule has 0 atom stereocenters. The molecule has 3 nitrogen and oxygen atoms in total. The number of nitrogens with zero attached hydrogens (tertiary/aromatic N) is 2. The van der Waals surface area contributed by atoms with E-state index in [1.54, 1.807) is 12.1 Å². The first-order chi connectivity index (χ1) is 11.2. The van der Waals surface area contributed by atoms with Gasteiger partial charge in [-0.25, -0.2) is 0 Å². The predicted octanol–water partition coefficient (Wildman–Crippen LogP) is 4.67. The van der Waals surface area contributed by atoms with Gasteiger partial charge in [0.2, 0.25) is 0 Å². The summed E-state index contributed by atoms with van der Waals surface area (Å²) >= 11 is 0. The van der Waals surface area contributed by atoms with E-state index < -0.39 is 0 Å². The average molecular weight is 298 g/mol. The number of aromatic nitrogens is 1. The third-order valence-corrected chi connectivity index (χ3v) is 4.25. The maximum absolute atomic E-state index is 10.5. The number of rotatable bonds is 1. The summed E-state index contributed by atoms with van der Waals surface area (Å²) in [6.45, 7) is 2.02. The summed E-state index contributed by atoms with van der Waals surface area (Å²) in [4.78, 5) is 0. The minimum absolute atomic E-state index is 0.241. The Labute approximate surface area is 133 Å². The summed E-state index contributed by atoms with van der Waals surface area (Å²) in [5, 5.41) is 22.7. The Morgan fingerprint density at radius 1 is 1.00 bits per heavy atom. The van der Waals surface area contributed by atoms with Gasteiger partial charge in [-0.15, -0.1) is 0 Å². The zero-order valence-corrected chi connectivity index (χ0v) is 12.6. The lowest BCUT2D eigenvalue weighted by Gasteiger charge is -2.12. The van der Waals surface area contributed by atoms with Gasteiger partial charge in [-0.3, -0.25) is 0 Å². The van der Waals surface area contributed by atoms with Gasteiger partial charge in [0, 0.05) is 17.0 Å². The van der Waals surface area contributed by atoms with Gasteiger partial charge in [-0.05, 0) is 42.1 Å². The van der Waals surface area contributed by atoms with Crippen LogP contribution >= 0.6 is 0 Å². The number of benzene rings is 3. The summed E-state index contributed by atoms with van der Waals surface area (Å²) in [5.74, 6) is 0.241. The van der Waals surface area contributed by atoms with Gasteiger partial charge >= 0.3 is 0 Å². The van der Waals surface area contributed by atoms with Crippen LogP contribution < -0.4 is 0 Å². The first-order valence-electron chi connectivity index (χ1n) is 7.42. The normalized spacial score (nSPS) is 11.0. The van der Waals surface area contributed by atoms with Crippen LogP contribution in [0.3, 0.4) is 0 Å². The third-order valence-electron chi connectivity index (χ3n) is 4.25. The molecule has 1 N–H and O–H groups in total. The molecule has 3 aromatic carbocycles. The van der Waals surface area contributed by atoms with Crippen molar-refractivity contribution in [1.29, 1.82) is 5.26 Å². The van der Waals surface area contributed by atoms with Crippen molar-refractivity contribution in [2.45, 2.75) is 6.92 Å². The van der Waals surface area contributed by atoms with Crippen molar-refractivity contribution in [3.63, 3.8) is 0 Å². The van der Waals surface area contributed by atoms with Gasteiger partial charge in [-0.1, -0.05) is 30.3 Å². The van der Waals surface area contributed by atoms with Crippen LogP contribution in [-0.2, 0) is 0 Å². The van der Waals surface area contributed by atoms with Crippen LogP contribution in [0.5, 0.6) is 5.75 Å². The summed E-state index contributed by atoms with van der Waals surface area (Å²) in [7, 11) is 0. The smallest absolute Gasteiger partial charge is 0.140 e. The van der Waals surface area contributed by atoms with Gasteiger partial charge in [0.15, 0.2) is 0 Å². The highest BCUT2D eigenvalue weighted by Gasteiger charge is 2.13. The van der Waals surface area contributed by atoms with Crippen LogP contribution in [0.15, 0.2) is 60.8 Å². The topological polar surface area (TPSA) is 49.0 Å². The molecule has 0 aliphatic heterocycles. The lowest BCUT2D eigenvalue weighted by atomic mass is 10.1. The van der Waals surface area contributed by atoms with E-state index in [4.69, 9.17) is 5.26 Å². The Bertz CT molecular complexity index is 1100. The molecule has 0 spiro atoms. The Morgan fingerprint density at radius 2 is 1.83 bits per heavy atom. The second kappa shape index (κ2) is 4.89. The molecule has 1 aromatic heterocycles. The average Bonchev–Trinajstić information content (AvgIpc) is 2.90. The minimum atomic E-state index is 0.241. The summed E-state index contributed by atoms with van der Waals surface area (Å²) in [5.41, 5.74) is 3.46. The molecule has 23 heavy (non-hydrogen) atoms. The number of aryl methyl sites for hydroxylation is 1. The van der Waals surface area contributed by atoms with Crippen molar-refractivity contribution >= 4 is 21.7 Å². The Morgan fingerprint density at radius 3 is 2.65 bits per heavy atom. The van der Waals surface area contributed by atoms with Gasteiger partial charge < -0.3 is 9.67 Å². The molecule has 0 bridgehead atoms. The van der Waals surface area contributed by atoms with Gasteiger partial charge in [0.25, 0.3) is 0 Å². The molecule has 0 aliphatic carbocycles. The highest BCUT2D eigenvalue weighted by molar-refractivity contribution is 5.96. The lowest BCUT2D eigenvalue weighted by Crippen LogP contribution is -1.94. The van der Waals surface area contributed by atoms with Crippen LogP contribution in [0.4, 0.5) is 0 Å². The summed E-state index contributed by atoms with van der Waals surface area (Å²) < 4.78 is 2.00. The number of phenolic OH excluding ortho intramolecular Hbond substituents is 1. The molecule has 1 heterocycles. The molecule has 0 saturated carbocycles. The van der Waals surface area contributed by atoms with E-state index in [9.17, 15) is 5.11 Å². The van der Waals surface area contributed by atoms with E-state index in [0.717, 1.165) is 32.9 Å². The molecule has 110 valence electrons. The van der Waals surface area contributed by atoms with Crippen LogP contribution in [0.1, 0.15) is 11.1 Å². The molecule has 0 unspecified atom stereocenters. The van der Waals surface area contributed by atoms with Crippen LogP contribution in [0, 0.1) is 18.3 Å². The maximum Gasteiger partial charge on any atom is 0.140 e. The van der Waals surface area contributed by atoms with E-state index >= 15 is 0 Å². The molecular weight excluding hydrogens is 284 g/mol. The fourth-order valence-electron chi connectivity index (χ4n) is 3.15. The quantitative estimate of drug-likeness (QED) is 0.555. The predicted molar refractivity (Wildman–Crippen MR) is 91.9 cm³/mol. The molecule has 0 fully saturated rings. The molecule has 4 aromatic rings. The zero-order chi connectivity index (χ0) is 16.0. The minimum Gasteiger partial charge on any atom is -0.506 e. The van der Waals surface area contributed by atoms with E-state index in [1.807, 2.05) is 60.2 Å². The molecule has 3 heteroatoms. The SMILES string of the molecule is Cc1cn(-c2c(O)ccc3ccccc23)c2ccc(C#N)cc12. The van der Waals surface area contributed by atoms with E-state index in [1.165, 1.54) is 0 Å². The Hall–Kier alpha value is -3.25. The zero-order valence-electron chi connectivity index (χ0n) is 12.6.